The highest BCUT2D eigenvalue weighted by atomic mass is 19.1. The first-order valence-corrected chi connectivity index (χ1v) is 9.33. The third kappa shape index (κ3) is 4.45. The van der Waals surface area contributed by atoms with Gasteiger partial charge in [0.2, 0.25) is 0 Å². The van der Waals surface area contributed by atoms with Gasteiger partial charge < -0.3 is 20.7 Å². The second kappa shape index (κ2) is 8.05. The van der Waals surface area contributed by atoms with Gasteiger partial charge >= 0.3 is 6.09 Å². The number of nitrogens with two attached hydrogens (primary N) is 1. The van der Waals surface area contributed by atoms with Crippen LogP contribution in [0, 0.1) is 18.2 Å². The minimum Gasteiger partial charge on any atom is -0.436 e. The van der Waals surface area contributed by atoms with Crippen LogP contribution < -0.4 is 11.1 Å². The largest absolute Gasteiger partial charge is 0.436 e. The van der Waals surface area contributed by atoms with Crippen LogP contribution in [-0.4, -0.2) is 60.3 Å². The van der Waals surface area contributed by atoms with E-state index in [0.29, 0.717) is 24.8 Å². The molecule has 1 aromatic rings. The maximum absolute atomic E-state index is 13.2. The van der Waals surface area contributed by atoms with Crippen molar-refractivity contribution in [2.45, 2.75) is 37.8 Å². The van der Waals surface area contributed by atoms with E-state index < -0.39 is 0 Å². The number of hydrogen-bond donors (Lipinski definition) is 2. The summed E-state index contributed by atoms with van der Waals surface area (Å²) in [4.78, 5) is 16.2. The van der Waals surface area contributed by atoms with E-state index in [1.807, 2.05) is 0 Å². The van der Waals surface area contributed by atoms with Crippen molar-refractivity contribution < 1.29 is 13.9 Å². The Hall–Kier alpha value is -2.46. The van der Waals surface area contributed by atoms with Crippen molar-refractivity contribution in [3.8, 4) is 12.3 Å². The standard InChI is InChI=1S/C20H27FN4O2/c1-3-12-27-19(26)24-11-8-20(2,14-24)25-9-6-16(7-10-25)23-18-5-4-15(21)13-17(18)22/h1,4-5,13,16,23H,6-12,14,22H2,2H3. The van der Waals surface area contributed by atoms with E-state index in [9.17, 15) is 9.18 Å². The second-order valence-corrected chi connectivity index (χ2v) is 7.56. The molecule has 27 heavy (non-hydrogen) atoms. The molecular weight excluding hydrogens is 347 g/mol. The summed E-state index contributed by atoms with van der Waals surface area (Å²) in [7, 11) is 0. The number of nitrogen functional groups attached to an aromatic ring is 1. The molecule has 0 radical (unpaired) electrons. The minimum atomic E-state index is -0.333. The van der Waals surface area contributed by atoms with Gasteiger partial charge in [0.05, 0.1) is 11.4 Å². The Morgan fingerprint density at radius 3 is 2.85 bits per heavy atom. The van der Waals surface area contributed by atoms with Gasteiger partial charge in [-0.1, -0.05) is 5.92 Å². The lowest BCUT2D eigenvalue weighted by Crippen LogP contribution is -2.53. The molecule has 2 aliphatic heterocycles. The number of likely N-dealkylation sites (tertiary alicyclic amines) is 2. The zero-order valence-corrected chi connectivity index (χ0v) is 15.7. The molecule has 1 atom stereocenters. The maximum atomic E-state index is 13.2. The highest BCUT2D eigenvalue weighted by Crippen LogP contribution is 2.32. The predicted molar refractivity (Wildman–Crippen MR) is 104 cm³/mol. The fourth-order valence-corrected chi connectivity index (χ4v) is 4.00. The number of amides is 1. The number of benzene rings is 1. The molecule has 2 fully saturated rings. The number of terminal acetylenes is 1. The summed E-state index contributed by atoms with van der Waals surface area (Å²) in [5, 5.41) is 3.43. The fourth-order valence-electron chi connectivity index (χ4n) is 4.00. The van der Waals surface area contributed by atoms with E-state index in [4.69, 9.17) is 16.9 Å². The number of nitrogens with one attached hydrogen (secondary N) is 1. The van der Waals surface area contributed by atoms with E-state index >= 15 is 0 Å². The predicted octanol–water partition coefficient (Wildman–Crippen LogP) is 2.52. The third-order valence-corrected chi connectivity index (χ3v) is 5.62. The lowest BCUT2D eigenvalue weighted by atomic mass is 9.94. The number of hydrogen-bond acceptors (Lipinski definition) is 5. The van der Waals surface area contributed by atoms with E-state index in [0.717, 1.165) is 38.0 Å². The SMILES string of the molecule is C#CCOC(=O)N1CCC(C)(N2CCC(Nc3ccc(F)cc3N)CC2)C1. The number of anilines is 2. The molecule has 0 spiro atoms. The van der Waals surface area contributed by atoms with Crippen molar-refractivity contribution in [3.05, 3.63) is 24.0 Å². The van der Waals surface area contributed by atoms with Crippen molar-refractivity contribution in [2.24, 2.45) is 0 Å². The van der Waals surface area contributed by atoms with Crippen molar-refractivity contribution in [2.75, 3.05) is 43.8 Å². The van der Waals surface area contributed by atoms with Crippen molar-refractivity contribution in [3.63, 3.8) is 0 Å². The van der Waals surface area contributed by atoms with E-state index in [2.05, 4.69) is 23.1 Å². The Morgan fingerprint density at radius 1 is 1.44 bits per heavy atom. The van der Waals surface area contributed by atoms with Crippen LogP contribution in [0.4, 0.5) is 20.6 Å². The van der Waals surface area contributed by atoms with E-state index in [1.165, 1.54) is 12.1 Å². The van der Waals surface area contributed by atoms with Crippen LogP contribution in [0.3, 0.4) is 0 Å². The topological polar surface area (TPSA) is 70.8 Å². The summed E-state index contributed by atoms with van der Waals surface area (Å²) in [6.45, 7) is 5.41. The van der Waals surface area contributed by atoms with Crippen LogP contribution in [0.15, 0.2) is 18.2 Å². The van der Waals surface area contributed by atoms with E-state index in [1.54, 1.807) is 11.0 Å². The molecule has 2 aliphatic rings. The number of carbonyl (C=O) groups excluding carboxylic acids is 1. The van der Waals surface area contributed by atoms with Crippen molar-refractivity contribution in [1.29, 1.82) is 0 Å². The highest BCUT2D eigenvalue weighted by Gasteiger charge is 2.42. The average Bonchev–Trinajstić information content (AvgIpc) is 3.06. The summed E-state index contributed by atoms with van der Waals surface area (Å²) in [5.74, 6) is 1.99. The lowest BCUT2D eigenvalue weighted by Gasteiger charge is -2.43. The summed E-state index contributed by atoms with van der Waals surface area (Å²) in [6.07, 6.45) is 7.66. The summed E-state index contributed by atoms with van der Waals surface area (Å²) in [6, 6.07) is 4.75. The molecule has 0 aliphatic carbocycles. The van der Waals surface area contributed by atoms with Gasteiger partial charge in [-0.15, -0.1) is 6.42 Å². The van der Waals surface area contributed by atoms with Crippen LogP contribution in [0.2, 0.25) is 0 Å². The number of rotatable bonds is 4. The van der Waals surface area contributed by atoms with Crippen molar-refractivity contribution >= 4 is 17.5 Å². The number of carbonyl (C=O) groups is 1. The zero-order chi connectivity index (χ0) is 19.4. The number of halogens is 1. The molecule has 1 aromatic carbocycles. The number of nitrogens with zero attached hydrogens (tertiary/aromatic N) is 2. The minimum absolute atomic E-state index is 0.00955. The Morgan fingerprint density at radius 2 is 2.19 bits per heavy atom. The van der Waals surface area contributed by atoms with Gasteiger partial charge in [-0.05, 0) is 44.4 Å². The van der Waals surface area contributed by atoms with Gasteiger partial charge in [-0.3, -0.25) is 4.90 Å². The van der Waals surface area contributed by atoms with Gasteiger partial charge in [-0.2, -0.15) is 0 Å². The Balaban J connectivity index is 1.51. The lowest BCUT2D eigenvalue weighted by molar-refractivity contribution is 0.0755. The third-order valence-electron chi connectivity index (χ3n) is 5.62. The highest BCUT2D eigenvalue weighted by molar-refractivity contribution is 5.68. The molecule has 1 unspecified atom stereocenters. The van der Waals surface area contributed by atoms with Crippen LogP contribution in [-0.2, 0) is 4.74 Å². The van der Waals surface area contributed by atoms with Gasteiger partial charge in [0, 0.05) is 37.8 Å². The van der Waals surface area contributed by atoms with Gasteiger partial charge in [0.1, 0.15) is 5.82 Å². The van der Waals surface area contributed by atoms with Crippen LogP contribution in [0.5, 0.6) is 0 Å². The first kappa shape index (κ1) is 19.3. The van der Waals surface area contributed by atoms with Crippen LogP contribution in [0.1, 0.15) is 26.2 Å². The van der Waals surface area contributed by atoms with Crippen LogP contribution >= 0.6 is 0 Å². The first-order chi connectivity index (χ1) is 12.9. The monoisotopic (exact) mass is 374 g/mol. The zero-order valence-electron chi connectivity index (χ0n) is 15.7. The van der Waals surface area contributed by atoms with Crippen molar-refractivity contribution in [1.82, 2.24) is 9.80 Å². The number of piperidine rings is 1. The molecule has 0 saturated carbocycles. The molecule has 3 N–H and O–H groups in total. The summed E-state index contributed by atoms with van der Waals surface area (Å²) in [5.41, 5.74) is 7.06. The molecule has 0 bridgehead atoms. The van der Waals surface area contributed by atoms with Crippen LogP contribution in [0.25, 0.3) is 0 Å². The van der Waals surface area contributed by atoms with E-state index in [-0.39, 0.29) is 24.1 Å². The average molecular weight is 374 g/mol. The molecule has 146 valence electrons. The molecule has 1 amide bonds. The van der Waals surface area contributed by atoms with Gasteiger partial charge in [-0.25, -0.2) is 9.18 Å². The quantitative estimate of drug-likeness (QED) is 0.626. The molecule has 0 aromatic heterocycles. The molecular formula is C20H27FN4O2. The first-order valence-electron chi connectivity index (χ1n) is 9.33. The maximum Gasteiger partial charge on any atom is 0.410 e. The fraction of sp³-hybridized carbons (Fsp3) is 0.550. The normalized spacial score (nSPS) is 23.8. The Kier molecular flexibility index (Phi) is 5.76. The molecule has 6 nitrogen and oxygen atoms in total. The summed E-state index contributed by atoms with van der Waals surface area (Å²) < 4.78 is 18.2. The molecule has 7 heteroatoms. The summed E-state index contributed by atoms with van der Waals surface area (Å²) >= 11 is 0. The molecule has 2 heterocycles. The Bertz CT molecular complexity index is 727. The second-order valence-electron chi connectivity index (χ2n) is 7.56. The van der Waals surface area contributed by atoms with Gasteiger partial charge in [0.25, 0.3) is 0 Å². The van der Waals surface area contributed by atoms with Gasteiger partial charge in [0.15, 0.2) is 6.61 Å². The Labute approximate surface area is 159 Å². The smallest absolute Gasteiger partial charge is 0.410 e. The molecule has 3 rings (SSSR count). The molecule has 2 saturated heterocycles. The number of ether oxygens (including phenoxy) is 1.